The molecule has 0 radical (unpaired) electrons. The highest BCUT2D eigenvalue weighted by atomic mass is 32.2. The molecule has 1 aliphatic carbocycles. The molecular formula is C15H24N2O2S. The van der Waals surface area contributed by atoms with Crippen molar-refractivity contribution in [3.8, 4) is 0 Å². The summed E-state index contributed by atoms with van der Waals surface area (Å²) in [5.41, 5.74) is 3.05. The van der Waals surface area contributed by atoms with Crippen LogP contribution in [0.2, 0.25) is 0 Å². The SMILES string of the molecule is Cc1cc(NC2CCC(C)(C)C2)ccc1NS(C)(=O)=O. The zero-order valence-corrected chi connectivity index (χ0v) is 13.5. The van der Waals surface area contributed by atoms with E-state index in [4.69, 9.17) is 0 Å². The second-order valence-electron chi connectivity index (χ2n) is 6.65. The van der Waals surface area contributed by atoms with Crippen LogP contribution in [0.25, 0.3) is 0 Å². The zero-order valence-electron chi connectivity index (χ0n) is 12.7. The summed E-state index contributed by atoms with van der Waals surface area (Å²) in [7, 11) is -3.22. The lowest BCUT2D eigenvalue weighted by molar-refractivity contribution is 0.378. The van der Waals surface area contributed by atoms with Crippen LogP contribution in [0.15, 0.2) is 18.2 Å². The van der Waals surface area contributed by atoms with Crippen molar-refractivity contribution >= 4 is 21.4 Å². The number of hydrogen-bond acceptors (Lipinski definition) is 3. The van der Waals surface area contributed by atoms with E-state index in [1.165, 1.54) is 25.5 Å². The van der Waals surface area contributed by atoms with Crippen LogP contribution in [0.4, 0.5) is 11.4 Å². The molecule has 5 heteroatoms. The van der Waals surface area contributed by atoms with Gasteiger partial charge in [-0.3, -0.25) is 4.72 Å². The van der Waals surface area contributed by atoms with Gasteiger partial charge in [-0.1, -0.05) is 13.8 Å². The van der Waals surface area contributed by atoms with Crippen LogP contribution in [0, 0.1) is 12.3 Å². The molecule has 1 unspecified atom stereocenters. The van der Waals surface area contributed by atoms with Crippen molar-refractivity contribution in [2.75, 3.05) is 16.3 Å². The monoisotopic (exact) mass is 296 g/mol. The molecule has 1 aromatic rings. The van der Waals surface area contributed by atoms with Gasteiger partial charge >= 0.3 is 0 Å². The fourth-order valence-corrected chi connectivity index (χ4v) is 3.49. The van der Waals surface area contributed by atoms with Crippen LogP contribution in [0.3, 0.4) is 0 Å². The molecule has 0 spiro atoms. The van der Waals surface area contributed by atoms with Gasteiger partial charge in [-0.05, 0) is 55.4 Å². The van der Waals surface area contributed by atoms with Crippen LogP contribution in [-0.4, -0.2) is 20.7 Å². The number of benzene rings is 1. The smallest absolute Gasteiger partial charge is 0.229 e. The van der Waals surface area contributed by atoms with Gasteiger partial charge in [0, 0.05) is 11.7 Å². The molecule has 0 aliphatic heterocycles. The Labute approximate surface area is 122 Å². The highest BCUT2D eigenvalue weighted by Gasteiger charge is 2.30. The Morgan fingerprint density at radius 1 is 1.30 bits per heavy atom. The first-order chi connectivity index (χ1) is 9.15. The second kappa shape index (κ2) is 5.28. The number of anilines is 2. The van der Waals surface area contributed by atoms with Crippen LogP contribution >= 0.6 is 0 Å². The van der Waals surface area contributed by atoms with Gasteiger partial charge in [0.2, 0.25) is 10.0 Å². The summed E-state index contributed by atoms with van der Waals surface area (Å²) in [5.74, 6) is 0. The van der Waals surface area contributed by atoms with Gasteiger partial charge in [-0.25, -0.2) is 8.42 Å². The zero-order chi connectivity index (χ0) is 15.0. The molecule has 0 amide bonds. The minimum atomic E-state index is -3.22. The summed E-state index contributed by atoms with van der Waals surface area (Å²) in [6.45, 7) is 6.52. The largest absolute Gasteiger partial charge is 0.382 e. The highest BCUT2D eigenvalue weighted by molar-refractivity contribution is 7.92. The summed E-state index contributed by atoms with van der Waals surface area (Å²) >= 11 is 0. The quantitative estimate of drug-likeness (QED) is 0.895. The van der Waals surface area contributed by atoms with Crippen molar-refractivity contribution in [2.24, 2.45) is 5.41 Å². The predicted molar refractivity (Wildman–Crippen MR) is 84.7 cm³/mol. The Hall–Kier alpha value is -1.23. The first-order valence-electron chi connectivity index (χ1n) is 7.00. The van der Waals surface area contributed by atoms with Gasteiger partial charge in [0.05, 0.1) is 11.9 Å². The van der Waals surface area contributed by atoms with Crippen molar-refractivity contribution in [3.63, 3.8) is 0 Å². The minimum absolute atomic E-state index is 0.421. The molecule has 0 bridgehead atoms. The maximum Gasteiger partial charge on any atom is 0.229 e. The van der Waals surface area contributed by atoms with E-state index in [-0.39, 0.29) is 0 Å². The molecular weight excluding hydrogens is 272 g/mol. The summed E-state index contributed by atoms with van der Waals surface area (Å²) in [5, 5.41) is 3.55. The normalized spacial score (nSPS) is 21.7. The lowest BCUT2D eigenvalue weighted by atomic mass is 9.92. The maximum absolute atomic E-state index is 11.3. The molecule has 1 fully saturated rings. The Balaban J connectivity index is 2.06. The summed E-state index contributed by atoms with van der Waals surface area (Å²) < 4.78 is 25.1. The third kappa shape index (κ3) is 4.13. The molecule has 20 heavy (non-hydrogen) atoms. The van der Waals surface area contributed by atoms with Crippen LogP contribution in [0.1, 0.15) is 38.7 Å². The molecule has 1 aromatic carbocycles. The molecule has 1 aliphatic rings. The van der Waals surface area contributed by atoms with Crippen LogP contribution in [-0.2, 0) is 10.0 Å². The van der Waals surface area contributed by atoms with Gasteiger partial charge in [0.25, 0.3) is 0 Å². The Morgan fingerprint density at radius 2 is 2.00 bits per heavy atom. The average Bonchev–Trinajstić information content (AvgIpc) is 2.60. The van der Waals surface area contributed by atoms with Gasteiger partial charge in [0.1, 0.15) is 0 Å². The summed E-state index contributed by atoms with van der Waals surface area (Å²) in [6, 6.07) is 6.27. The number of aryl methyl sites for hydroxylation is 1. The lowest BCUT2D eigenvalue weighted by Crippen LogP contribution is -2.17. The lowest BCUT2D eigenvalue weighted by Gasteiger charge is -2.19. The van der Waals surface area contributed by atoms with E-state index in [2.05, 4.69) is 23.9 Å². The third-order valence-electron chi connectivity index (χ3n) is 3.86. The number of nitrogens with one attached hydrogen (secondary N) is 2. The first-order valence-corrected chi connectivity index (χ1v) is 8.89. The minimum Gasteiger partial charge on any atom is -0.382 e. The topological polar surface area (TPSA) is 58.2 Å². The standard InChI is InChI=1S/C15H24N2O2S/c1-11-9-12(5-6-14(11)17-20(4,18)19)16-13-7-8-15(2,3)10-13/h5-6,9,13,16-17H,7-8,10H2,1-4H3. The molecule has 112 valence electrons. The van der Waals surface area contributed by atoms with Crippen molar-refractivity contribution in [2.45, 2.75) is 46.1 Å². The predicted octanol–water partition coefficient (Wildman–Crippen LogP) is 3.36. The molecule has 0 saturated heterocycles. The van der Waals surface area contributed by atoms with Crippen molar-refractivity contribution in [1.29, 1.82) is 0 Å². The second-order valence-corrected chi connectivity index (χ2v) is 8.40. The first kappa shape index (κ1) is 15.2. The van der Waals surface area contributed by atoms with Gasteiger partial charge < -0.3 is 5.32 Å². The van der Waals surface area contributed by atoms with E-state index in [0.717, 1.165) is 11.3 Å². The van der Waals surface area contributed by atoms with Gasteiger partial charge in [0.15, 0.2) is 0 Å². The van der Waals surface area contributed by atoms with Gasteiger partial charge in [-0.15, -0.1) is 0 Å². The van der Waals surface area contributed by atoms with Crippen LogP contribution in [0.5, 0.6) is 0 Å². The molecule has 2 rings (SSSR count). The van der Waals surface area contributed by atoms with E-state index < -0.39 is 10.0 Å². The molecule has 4 nitrogen and oxygen atoms in total. The summed E-state index contributed by atoms with van der Waals surface area (Å²) in [4.78, 5) is 0. The number of sulfonamides is 1. The van der Waals surface area contributed by atoms with E-state index in [0.29, 0.717) is 17.1 Å². The molecule has 1 atom stereocenters. The van der Waals surface area contributed by atoms with E-state index in [1.807, 2.05) is 25.1 Å². The van der Waals surface area contributed by atoms with Crippen molar-refractivity contribution in [3.05, 3.63) is 23.8 Å². The van der Waals surface area contributed by atoms with E-state index in [1.54, 1.807) is 0 Å². The number of rotatable bonds is 4. The highest BCUT2D eigenvalue weighted by Crippen LogP contribution is 2.38. The fourth-order valence-electron chi connectivity index (χ4n) is 2.86. The average molecular weight is 296 g/mol. The van der Waals surface area contributed by atoms with E-state index >= 15 is 0 Å². The number of hydrogen-bond donors (Lipinski definition) is 2. The molecule has 1 saturated carbocycles. The molecule has 0 heterocycles. The fraction of sp³-hybridized carbons (Fsp3) is 0.600. The van der Waals surface area contributed by atoms with E-state index in [9.17, 15) is 8.42 Å². The Bertz CT molecular complexity index is 594. The summed E-state index contributed by atoms with van der Waals surface area (Å²) in [6.07, 6.45) is 4.78. The van der Waals surface area contributed by atoms with Crippen LogP contribution < -0.4 is 10.0 Å². The Kier molecular flexibility index (Phi) is 4.00. The maximum atomic E-state index is 11.3. The van der Waals surface area contributed by atoms with Gasteiger partial charge in [-0.2, -0.15) is 0 Å². The molecule has 2 N–H and O–H groups in total. The molecule has 0 aromatic heterocycles. The third-order valence-corrected chi connectivity index (χ3v) is 4.45. The van der Waals surface area contributed by atoms with Crippen molar-refractivity contribution in [1.82, 2.24) is 0 Å². The van der Waals surface area contributed by atoms with Crippen molar-refractivity contribution < 1.29 is 8.42 Å². The Morgan fingerprint density at radius 3 is 2.50 bits per heavy atom.